The summed E-state index contributed by atoms with van der Waals surface area (Å²) in [6, 6.07) is 8.00. The molecule has 1 aromatic carbocycles. The van der Waals surface area contributed by atoms with E-state index in [2.05, 4.69) is 20.4 Å². The van der Waals surface area contributed by atoms with Crippen LogP contribution in [0.25, 0.3) is 5.69 Å². The van der Waals surface area contributed by atoms with Gasteiger partial charge >= 0.3 is 0 Å². The summed E-state index contributed by atoms with van der Waals surface area (Å²) in [4.78, 5) is 2.16. The van der Waals surface area contributed by atoms with Gasteiger partial charge in [0.1, 0.15) is 0 Å². The molecule has 1 aliphatic heterocycles. The summed E-state index contributed by atoms with van der Waals surface area (Å²) in [6.07, 6.45) is 0. The maximum atomic E-state index is 12.2. The van der Waals surface area contributed by atoms with Gasteiger partial charge in [0.05, 0.1) is 12.2 Å². The molecule has 0 radical (unpaired) electrons. The molecular weight excluding hydrogens is 342 g/mol. The summed E-state index contributed by atoms with van der Waals surface area (Å²) >= 11 is 0. The lowest BCUT2D eigenvalue weighted by Crippen LogP contribution is -2.51. The maximum Gasteiger partial charge on any atom is 0.281 e. The Morgan fingerprint density at radius 1 is 1.08 bits per heavy atom. The van der Waals surface area contributed by atoms with E-state index in [0.29, 0.717) is 32.7 Å². The molecule has 0 amide bonds. The Bertz CT molecular complexity index is 809. The van der Waals surface area contributed by atoms with E-state index in [1.807, 2.05) is 31.2 Å². The highest BCUT2D eigenvalue weighted by atomic mass is 32.2. The van der Waals surface area contributed by atoms with E-state index in [-0.39, 0.29) is 0 Å². The Morgan fingerprint density at radius 3 is 2.32 bits per heavy atom. The van der Waals surface area contributed by atoms with E-state index in [0.717, 1.165) is 11.5 Å². The minimum absolute atomic E-state index is 0.465. The summed E-state index contributed by atoms with van der Waals surface area (Å²) < 4.78 is 28.8. The number of aromatic nitrogens is 4. The van der Waals surface area contributed by atoms with Gasteiger partial charge in [0, 0.05) is 40.3 Å². The SMILES string of the molecule is Cc1ccc(-n2nnnc2CN2CCN(S(=O)(=O)N(C)C)CC2)cc1. The Kier molecular flexibility index (Phi) is 5.13. The monoisotopic (exact) mass is 365 g/mol. The van der Waals surface area contributed by atoms with Crippen molar-refractivity contribution in [3.05, 3.63) is 35.7 Å². The Balaban J connectivity index is 1.66. The number of benzene rings is 1. The molecule has 1 aliphatic rings. The number of hydrogen-bond acceptors (Lipinski definition) is 6. The first-order chi connectivity index (χ1) is 11.9. The summed E-state index contributed by atoms with van der Waals surface area (Å²) in [6.45, 7) is 4.84. The number of hydrogen-bond donors (Lipinski definition) is 0. The molecule has 0 aliphatic carbocycles. The number of aryl methyl sites for hydroxylation is 1. The van der Waals surface area contributed by atoms with E-state index < -0.39 is 10.2 Å². The second-order valence-corrected chi connectivity index (χ2v) is 8.45. The number of piperazine rings is 1. The smallest absolute Gasteiger partial charge is 0.281 e. The van der Waals surface area contributed by atoms with E-state index in [4.69, 9.17) is 0 Å². The van der Waals surface area contributed by atoms with Gasteiger partial charge in [0.15, 0.2) is 5.82 Å². The largest absolute Gasteiger partial charge is 0.293 e. The topological polar surface area (TPSA) is 87.5 Å². The third-order valence-electron chi connectivity index (χ3n) is 4.30. The minimum Gasteiger partial charge on any atom is -0.293 e. The van der Waals surface area contributed by atoms with Gasteiger partial charge in [-0.2, -0.15) is 21.7 Å². The van der Waals surface area contributed by atoms with Crippen molar-refractivity contribution in [2.24, 2.45) is 0 Å². The van der Waals surface area contributed by atoms with Gasteiger partial charge in [0.25, 0.3) is 10.2 Å². The molecule has 0 bridgehead atoms. The Morgan fingerprint density at radius 2 is 1.72 bits per heavy atom. The fraction of sp³-hybridized carbons (Fsp3) is 0.533. The van der Waals surface area contributed by atoms with Gasteiger partial charge in [-0.1, -0.05) is 17.7 Å². The molecule has 10 heteroatoms. The van der Waals surface area contributed by atoms with Crippen molar-refractivity contribution in [1.29, 1.82) is 0 Å². The molecule has 2 aromatic rings. The zero-order valence-corrected chi connectivity index (χ0v) is 15.5. The fourth-order valence-corrected chi connectivity index (χ4v) is 3.83. The molecule has 0 atom stereocenters. The predicted octanol–water partition coefficient (Wildman–Crippen LogP) is -0.105. The van der Waals surface area contributed by atoms with Crippen molar-refractivity contribution in [2.75, 3.05) is 40.3 Å². The van der Waals surface area contributed by atoms with E-state index >= 15 is 0 Å². The molecule has 1 fully saturated rings. The number of nitrogens with zero attached hydrogens (tertiary/aromatic N) is 7. The van der Waals surface area contributed by atoms with Gasteiger partial charge in [-0.3, -0.25) is 4.90 Å². The second-order valence-electron chi connectivity index (χ2n) is 6.31. The molecule has 1 aromatic heterocycles. The second kappa shape index (κ2) is 7.16. The molecular formula is C15H23N7O2S. The fourth-order valence-electron chi connectivity index (χ4n) is 2.74. The van der Waals surface area contributed by atoms with Crippen LogP contribution in [-0.2, 0) is 16.8 Å². The van der Waals surface area contributed by atoms with Crippen LogP contribution in [0.5, 0.6) is 0 Å². The lowest BCUT2D eigenvalue weighted by atomic mass is 10.2. The average molecular weight is 365 g/mol. The molecule has 25 heavy (non-hydrogen) atoms. The molecule has 0 N–H and O–H groups in total. The Labute approximate surface area is 148 Å². The number of rotatable bonds is 5. The van der Waals surface area contributed by atoms with Crippen LogP contribution >= 0.6 is 0 Å². The molecule has 136 valence electrons. The van der Waals surface area contributed by atoms with Crippen molar-refractivity contribution in [3.8, 4) is 5.69 Å². The standard InChI is InChI=1S/C15H23N7O2S/c1-13-4-6-14(7-5-13)22-15(16-17-18-22)12-20-8-10-21(11-9-20)25(23,24)19(2)3/h4-7H,8-12H2,1-3H3. The molecule has 2 heterocycles. The quantitative estimate of drug-likeness (QED) is 0.735. The first kappa shape index (κ1) is 17.9. The number of tetrazole rings is 1. The summed E-state index contributed by atoms with van der Waals surface area (Å²) in [7, 11) is -0.240. The lowest BCUT2D eigenvalue weighted by molar-refractivity contribution is 0.173. The van der Waals surface area contributed by atoms with Crippen molar-refractivity contribution in [2.45, 2.75) is 13.5 Å². The lowest BCUT2D eigenvalue weighted by Gasteiger charge is -2.34. The molecule has 0 unspecified atom stereocenters. The van der Waals surface area contributed by atoms with Crippen molar-refractivity contribution in [3.63, 3.8) is 0 Å². The molecule has 3 rings (SSSR count). The van der Waals surface area contributed by atoms with Crippen molar-refractivity contribution < 1.29 is 8.42 Å². The van der Waals surface area contributed by atoms with Gasteiger partial charge in [0.2, 0.25) is 0 Å². The van der Waals surface area contributed by atoms with Crippen LogP contribution in [0.4, 0.5) is 0 Å². The summed E-state index contributed by atoms with van der Waals surface area (Å²) in [5.41, 5.74) is 2.09. The summed E-state index contributed by atoms with van der Waals surface area (Å²) in [5.74, 6) is 0.743. The first-order valence-corrected chi connectivity index (χ1v) is 9.52. The van der Waals surface area contributed by atoms with Crippen LogP contribution in [0, 0.1) is 6.92 Å². The van der Waals surface area contributed by atoms with Gasteiger partial charge < -0.3 is 0 Å². The van der Waals surface area contributed by atoms with Crippen LogP contribution in [-0.4, -0.2) is 82.4 Å². The molecule has 9 nitrogen and oxygen atoms in total. The zero-order valence-electron chi connectivity index (χ0n) is 14.7. The van der Waals surface area contributed by atoms with Crippen LogP contribution in [0.3, 0.4) is 0 Å². The average Bonchev–Trinajstić information content (AvgIpc) is 3.04. The summed E-state index contributed by atoms with van der Waals surface area (Å²) in [5, 5.41) is 12.0. The molecule has 0 saturated carbocycles. The third-order valence-corrected chi connectivity index (χ3v) is 6.24. The van der Waals surface area contributed by atoms with Crippen LogP contribution < -0.4 is 0 Å². The van der Waals surface area contributed by atoms with E-state index in [1.54, 1.807) is 18.8 Å². The van der Waals surface area contributed by atoms with Crippen molar-refractivity contribution >= 4 is 10.2 Å². The highest BCUT2D eigenvalue weighted by Crippen LogP contribution is 2.14. The predicted molar refractivity (Wildman–Crippen MR) is 93.3 cm³/mol. The zero-order chi connectivity index (χ0) is 18.0. The van der Waals surface area contributed by atoms with E-state index in [9.17, 15) is 8.42 Å². The van der Waals surface area contributed by atoms with E-state index in [1.165, 1.54) is 14.2 Å². The maximum absolute atomic E-state index is 12.2. The van der Waals surface area contributed by atoms with Crippen LogP contribution in [0.2, 0.25) is 0 Å². The molecule has 0 spiro atoms. The van der Waals surface area contributed by atoms with Crippen LogP contribution in [0.15, 0.2) is 24.3 Å². The van der Waals surface area contributed by atoms with Gasteiger partial charge in [-0.15, -0.1) is 5.10 Å². The molecule has 1 saturated heterocycles. The normalized spacial score (nSPS) is 17.3. The van der Waals surface area contributed by atoms with Crippen molar-refractivity contribution in [1.82, 2.24) is 33.7 Å². The van der Waals surface area contributed by atoms with Crippen LogP contribution in [0.1, 0.15) is 11.4 Å². The van der Waals surface area contributed by atoms with Gasteiger partial charge in [-0.05, 0) is 29.5 Å². The highest BCUT2D eigenvalue weighted by molar-refractivity contribution is 7.86. The first-order valence-electron chi connectivity index (χ1n) is 8.12. The highest BCUT2D eigenvalue weighted by Gasteiger charge is 2.29. The third kappa shape index (κ3) is 3.87. The minimum atomic E-state index is -3.35. The Hall–Kier alpha value is -1.88. The van der Waals surface area contributed by atoms with Gasteiger partial charge in [-0.25, -0.2) is 0 Å².